The van der Waals surface area contributed by atoms with Crippen molar-refractivity contribution in [1.29, 1.82) is 0 Å². The SMILES string of the molecule is COc1cc(NC(=O)C[C@H]2C(=O)N(c3cccc(OC)c3)C(=O)N2Cc2ccco2)cc(OC)c1. The number of imide groups is 1. The lowest BCUT2D eigenvalue weighted by molar-refractivity contribution is -0.124. The maximum atomic E-state index is 13.4. The number of urea groups is 1. The molecule has 0 unspecified atom stereocenters. The van der Waals surface area contributed by atoms with E-state index in [1.165, 1.54) is 32.5 Å². The minimum Gasteiger partial charge on any atom is -0.497 e. The van der Waals surface area contributed by atoms with Crippen LogP contribution in [0.3, 0.4) is 0 Å². The molecule has 1 atom stereocenters. The molecule has 1 aliphatic heterocycles. The molecule has 4 amide bonds. The molecule has 1 saturated heterocycles. The monoisotopic (exact) mass is 479 g/mol. The minimum atomic E-state index is -1.04. The van der Waals surface area contributed by atoms with E-state index in [1.54, 1.807) is 54.6 Å². The number of ether oxygens (including phenoxy) is 3. The Bertz CT molecular complexity index is 1200. The van der Waals surface area contributed by atoms with Gasteiger partial charge in [0.2, 0.25) is 5.91 Å². The number of nitrogens with one attached hydrogen (secondary N) is 1. The third-order valence-electron chi connectivity index (χ3n) is 5.55. The summed E-state index contributed by atoms with van der Waals surface area (Å²) in [6, 6.07) is 13.3. The van der Waals surface area contributed by atoms with E-state index in [9.17, 15) is 14.4 Å². The van der Waals surface area contributed by atoms with Crippen molar-refractivity contribution in [1.82, 2.24) is 4.90 Å². The number of furan rings is 1. The fourth-order valence-electron chi connectivity index (χ4n) is 3.84. The van der Waals surface area contributed by atoms with Crippen LogP contribution in [0.4, 0.5) is 16.2 Å². The molecule has 1 aromatic heterocycles. The predicted octanol–water partition coefficient (Wildman–Crippen LogP) is 3.67. The zero-order chi connectivity index (χ0) is 24.9. The second-order valence-electron chi connectivity index (χ2n) is 7.73. The molecule has 0 bridgehead atoms. The highest BCUT2D eigenvalue weighted by Crippen LogP contribution is 2.31. The van der Waals surface area contributed by atoms with Crippen molar-refractivity contribution < 1.29 is 33.0 Å². The van der Waals surface area contributed by atoms with Gasteiger partial charge in [0.15, 0.2) is 0 Å². The minimum absolute atomic E-state index is 0.0307. The van der Waals surface area contributed by atoms with Crippen LogP contribution in [-0.2, 0) is 16.1 Å². The number of carbonyl (C=O) groups excluding carboxylic acids is 3. The fraction of sp³-hybridized carbons (Fsp3) is 0.240. The molecule has 10 heteroatoms. The number of hydrogen-bond acceptors (Lipinski definition) is 7. The summed E-state index contributed by atoms with van der Waals surface area (Å²) in [4.78, 5) is 42.1. The van der Waals surface area contributed by atoms with Crippen LogP contribution < -0.4 is 24.4 Å². The highest BCUT2D eigenvalue weighted by molar-refractivity contribution is 6.22. The Labute approximate surface area is 202 Å². The van der Waals surface area contributed by atoms with Gasteiger partial charge in [-0.2, -0.15) is 0 Å². The van der Waals surface area contributed by atoms with Gasteiger partial charge >= 0.3 is 6.03 Å². The number of amides is 4. The van der Waals surface area contributed by atoms with Gasteiger partial charge in [-0.1, -0.05) is 6.07 Å². The van der Waals surface area contributed by atoms with E-state index in [0.717, 1.165) is 4.90 Å². The van der Waals surface area contributed by atoms with E-state index in [0.29, 0.717) is 34.4 Å². The summed E-state index contributed by atoms with van der Waals surface area (Å²) in [6.45, 7) is 0.0307. The van der Waals surface area contributed by atoms with E-state index in [2.05, 4.69) is 5.32 Å². The van der Waals surface area contributed by atoms with Gasteiger partial charge < -0.3 is 28.8 Å². The van der Waals surface area contributed by atoms with Gasteiger partial charge in [-0.25, -0.2) is 9.69 Å². The Kier molecular flexibility index (Phi) is 6.91. The van der Waals surface area contributed by atoms with Crippen molar-refractivity contribution in [2.24, 2.45) is 0 Å². The molecule has 2 heterocycles. The van der Waals surface area contributed by atoms with Crippen LogP contribution in [0.2, 0.25) is 0 Å². The van der Waals surface area contributed by atoms with Crippen LogP contribution in [-0.4, -0.2) is 50.1 Å². The summed E-state index contributed by atoms with van der Waals surface area (Å²) in [5.41, 5.74) is 0.787. The first kappa shape index (κ1) is 23.7. The third-order valence-corrected chi connectivity index (χ3v) is 5.55. The summed E-state index contributed by atoms with van der Waals surface area (Å²) in [7, 11) is 4.50. The van der Waals surface area contributed by atoms with Crippen molar-refractivity contribution in [2.45, 2.75) is 19.0 Å². The molecule has 1 aliphatic rings. The molecule has 2 aromatic carbocycles. The molecule has 4 rings (SSSR count). The van der Waals surface area contributed by atoms with Gasteiger partial charge in [0.05, 0.1) is 46.2 Å². The summed E-state index contributed by atoms with van der Waals surface area (Å²) in [6.07, 6.45) is 1.22. The zero-order valence-corrected chi connectivity index (χ0v) is 19.5. The molecule has 0 radical (unpaired) electrons. The lowest BCUT2D eigenvalue weighted by Crippen LogP contribution is -2.37. The second-order valence-corrected chi connectivity index (χ2v) is 7.73. The summed E-state index contributed by atoms with van der Waals surface area (Å²) in [5.74, 6) is 0.998. The average Bonchev–Trinajstić information content (AvgIpc) is 3.46. The Morgan fingerprint density at radius 3 is 2.29 bits per heavy atom. The van der Waals surface area contributed by atoms with Crippen molar-refractivity contribution in [3.8, 4) is 17.2 Å². The van der Waals surface area contributed by atoms with Crippen LogP contribution in [0.1, 0.15) is 12.2 Å². The molecular formula is C25H25N3O7. The quantitative estimate of drug-likeness (QED) is 0.466. The normalized spacial score (nSPS) is 15.3. The van der Waals surface area contributed by atoms with E-state index in [4.69, 9.17) is 18.6 Å². The summed E-state index contributed by atoms with van der Waals surface area (Å²) in [5, 5.41) is 2.75. The van der Waals surface area contributed by atoms with Gasteiger partial charge in [0.25, 0.3) is 5.91 Å². The molecule has 182 valence electrons. The number of nitrogens with zero attached hydrogens (tertiary/aromatic N) is 2. The molecule has 1 N–H and O–H groups in total. The van der Waals surface area contributed by atoms with E-state index in [-0.39, 0.29) is 13.0 Å². The fourth-order valence-corrected chi connectivity index (χ4v) is 3.84. The van der Waals surface area contributed by atoms with Gasteiger partial charge in [0, 0.05) is 30.0 Å². The Morgan fingerprint density at radius 1 is 0.943 bits per heavy atom. The lowest BCUT2D eigenvalue weighted by Gasteiger charge is -2.20. The van der Waals surface area contributed by atoms with Crippen molar-refractivity contribution in [2.75, 3.05) is 31.5 Å². The first-order valence-corrected chi connectivity index (χ1v) is 10.8. The molecular weight excluding hydrogens is 454 g/mol. The smallest absolute Gasteiger partial charge is 0.332 e. The first-order valence-electron chi connectivity index (χ1n) is 10.8. The molecule has 0 spiro atoms. The van der Waals surface area contributed by atoms with Gasteiger partial charge in [-0.05, 0) is 24.3 Å². The maximum absolute atomic E-state index is 13.4. The Balaban J connectivity index is 1.59. The molecule has 0 saturated carbocycles. The number of hydrogen-bond donors (Lipinski definition) is 1. The van der Waals surface area contributed by atoms with Crippen LogP contribution in [0.5, 0.6) is 17.2 Å². The highest BCUT2D eigenvalue weighted by Gasteiger charge is 2.47. The first-order chi connectivity index (χ1) is 16.9. The zero-order valence-electron chi connectivity index (χ0n) is 19.5. The predicted molar refractivity (Wildman–Crippen MR) is 127 cm³/mol. The molecule has 10 nitrogen and oxygen atoms in total. The van der Waals surface area contributed by atoms with E-state index in [1.807, 2.05) is 0 Å². The van der Waals surface area contributed by atoms with Gasteiger partial charge in [-0.3, -0.25) is 9.59 Å². The van der Waals surface area contributed by atoms with Gasteiger partial charge in [-0.15, -0.1) is 0 Å². The number of benzene rings is 2. The lowest BCUT2D eigenvalue weighted by atomic mass is 10.1. The van der Waals surface area contributed by atoms with Crippen LogP contribution in [0.25, 0.3) is 0 Å². The third kappa shape index (κ3) is 5.06. The summed E-state index contributed by atoms with van der Waals surface area (Å²) < 4.78 is 21.1. The second kappa shape index (κ2) is 10.2. The van der Waals surface area contributed by atoms with Crippen molar-refractivity contribution in [3.05, 3.63) is 66.6 Å². The van der Waals surface area contributed by atoms with E-state index < -0.39 is 23.9 Å². The Hall–Kier alpha value is -4.47. The molecule has 3 aromatic rings. The van der Waals surface area contributed by atoms with Crippen LogP contribution >= 0.6 is 0 Å². The number of carbonyl (C=O) groups is 3. The largest absolute Gasteiger partial charge is 0.497 e. The van der Waals surface area contributed by atoms with E-state index >= 15 is 0 Å². The number of rotatable bonds is 9. The van der Waals surface area contributed by atoms with Crippen molar-refractivity contribution >= 4 is 29.2 Å². The van der Waals surface area contributed by atoms with Gasteiger partial charge in [0.1, 0.15) is 29.1 Å². The molecule has 0 aliphatic carbocycles. The van der Waals surface area contributed by atoms with Crippen LogP contribution in [0, 0.1) is 0 Å². The average molecular weight is 479 g/mol. The molecule has 1 fully saturated rings. The summed E-state index contributed by atoms with van der Waals surface area (Å²) >= 11 is 0. The molecule has 35 heavy (non-hydrogen) atoms. The highest BCUT2D eigenvalue weighted by atomic mass is 16.5. The maximum Gasteiger partial charge on any atom is 0.332 e. The number of anilines is 2. The number of methoxy groups -OCH3 is 3. The topological polar surface area (TPSA) is 111 Å². The van der Waals surface area contributed by atoms with Crippen LogP contribution in [0.15, 0.2) is 65.3 Å². The van der Waals surface area contributed by atoms with Crippen molar-refractivity contribution in [3.63, 3.8) is 0 Å². The Morgan fingerprint density at radius 2 is 1.66 bits per heavy atom. The standard InChI is InChI=1S/C25H25N3O7/c1-32-18-7-4-6-17(12-18)28-24(30)22(27(25(28)31)15-19-8-5-9-35-19)14-23(29)26-16-10-20(33-2)13-21(11-16)34-3/h4-13,22H,14-15H2,1-3H3,(H,26,29)/t22-/m0/s1.